The van der Waals surface area contributed by atoms with Gasteiger partial charge in [0.2, 0.25) is 6.79 Å². The Bertz CT molecular complexity index is 778. The van der Waals surface area contributed by atoms with Gasteiger partial charge in [0, 0.05) is 5.56 Å². The summed E-state index contributed by atoms with van der Waals surface area (Å²) in [6.45, 7) is 6.34. The van der Waals surface area contributed by atoms with Gasteiger partial charge in [-0.15, -0.1) is 0 Å². The minimum absolute atomic E-state index is 0.225. The van der Waals surface area contributed by atoms with Crippen LogP contribution in [0.15, 0.2) is 42.5 Å². The lowest BCUT2D eigenvalue weighted by Crippen LogP contribution is -3.28. The summed E-state index contributed by atoms with van der Waals surface area (Å²) >= 11 is 0. The maximum Gasteiger partial charge on any atom is 0.231 e. The van der Waals surface area contributed by atoms with E-state index >= 15 is 0 Å². The van der Waals surface area contributed by atoms with Gasteiger partial charge in [0.1, 0.15) is 63.5 Å². The maximum atomic E-state index is 12.9. The fourth-order valence-corrected chi connectivity index (χ4v) is 3.79. The first-order valence-electron chi connectivity index (χ1n) is 9.78. The van der Waals surface area contributed by atoms with Crippen LogP contribution >= 0.6 is 0 Å². The predicted molar refractivity (Wildman–Crippen MR) is 100 cm³/mol. The van der Waals surface area contributed by atoms with Crippen molar-refractivity contribution in [2.75, 3.05) is 46.1 Å². The average Bonchev–Trinajstić information content (AvgIpc) is 3.17. The van der Waals surface area contributed by atoms with Gasteiger partial charge < -0.3 is 29.1 Å². The number of aliphatic hydroxyl groups excluding tert-OH is 1. The molecule has 2 aliphatic heterocycles. The molecule has 2 aliphatic rings. The van der Waals surface area contributed by atoms with Crippen LogP contribution in [0.4, 0.5) is 4.39 Å². The summed E-state index contributed by atoms with van der Waals surface area (Å²) in [5.74, 6) is 1.95. The van der Waals surface area contributed by atoms with Crippen molar-refractivity contribution < 1.29 is 33.5 Å². The number of rotatable bonds is 7. The van der Waals surface area contributed by atoms with Crippen molar-refractivity contribution in [3.63, 3.8) is 0 Å². The Kier molecular flexibility index (Phi) is 5.95. The van der Waals surface area contributed by atoms with Gasteiger partial charge in [-0.25, -0.2) is 4.39 Å². The minimum Gasteiger partial charge on any atom is -0.491 e. The molecule has 1 saturated heterocycles. The molecule has 2 aromatic carbocycles. The molecule has 150 valence electrons. The zero-order valence-corrected chi connectivity index (χ0v) is 15.8. The SMILES string of the molecule is O[C@H](COc1ccc(F)cc1)C[NH+]1CC[NH+](Cc2ccc3c(c2)OCO3)CC1. The number of piperazine rings is 1. The zero-order valence-electron chi connectivity index (χ0n) is 15.8. The molecular weight excluding hydrogens is 363 g/mol. The Morgan fingerprint density at radius 1 is 0.964 bits per heavy atom. The molecule has 0 aliphatic carbocycles. The largest absolute Gasteiger partial charge is 0.491 e. The zero-order chi connectivity index (χ0) is 19.3. The molecule has 2 heterocycles. The van der Waals surface area contributed by atoms with E-state index in [1.54, 1.807) is 17.0 Å². The van der Waals surface area contributed by atoms with Crippen molar-refractivity contribution in [3.05, 3.63) is 53.8 Å². The summed E-state index contributed by atoms with van der Waals surface area (Å²) in [6, 6.07) is 12.0. The molecule has 1 atom stereocenters. The third-order valence-electron chi connectivity index (χ3n) is 5.34. The molecule has 0 bridgehead atoms. The first-order chi connectivity index (χ1) is 13.7. The minimum atomic E-state index is -0.532. The van der Waals surface area contributed by atoms with E-state index in [9.17, 15) is 9.50 Å². The molecule has 0 aromatic heterocycles. The number of aliphatic hydroxyl groups is 1. The van der Waals surface area contributed by atoms with E-state index in [0.717, 1.165) is 44.2 Å². The van der Waals surface area contributed by atoms with Crippen LogP contribution in [0.3, 0.4) is 0 Å². The van der Waals surface area contributed by atoms with Gasteiger partial charge in [0.25, 0.3) is 0 Å². The highest BCUT2D eigenvalue weighted by molar-refractivity contribution is 5.44. The number of hydrogen-bond acceptors (Lipinski definition) is 4. The second-order valence-corrected chi connectivity index (χ2v) is 7.49. The molecule has 2 aromatic rings. The summed E-state index contributed by atoms with van der Waals surface area (Å²) in [4.78, 5) is 2.93. The normalized spacial score (nSPS) is 22.1. The van der Waals surface area contributed by atoms with Crippen LogP contribution in [-0.2, 0) is 6.54 Å². The van der Waals surface area contributed by atoms with Gasteiger partial charge in [-0.05, 0) is 42.5 Å². The highest BCUT2D eigenvalue weighted by Gasteiger charge is 2.25. The topological polar surface area (TPSA) is 56.8 Å². The molecule has 0 spiro atoms. The molecule has 0 radical (unpaired) electrons. The highest BCUT2D eigenvalue weighted by Crippen LogP contribution is 2.32. The standard InChI is InChI=1S/C21H25FN2O4/c22-17-2-4-19(5-3-17)26-14-18(25)13-24-9-7-23(8-10-24)12-16-1-6-20-21(11-16)28-15-27-20/h1-6,11,18,25H,7-10,12-15H2/p+2/t18-/m0/s1. The number of nitrogens with one attached hydrogen (secondary N) is 2. The number of hydrogen-bond donors (Lipinski definition) is 3. The number of halogens is 1. The molecule has 0 unspecified atom stereocenters. The van der Waals surface area contributed by atoms with Gasteiger partial charge in [-0.3, -0.25) is 0 Å². The van der Waals surface area contributed by atoms with E-state index in [1.807, 2.05) is 6.07 Å². The summed E-state index contributed by atoms with van der Waals surface area (Å²) in [5.41, 5.74) is 1.26. The number of benzene rings is 2. The fourth-order valence-electron chi connectivity index (χ4n) is 3.79. The number of ether oxygens (including phenoxy) is 3. The van der Waals surface area contributed by atoms with Crippen LogP contribution in [-0.4, -0.2) is 57.3 Å². The first-order valence-corrected chi connectivity index (χ1v) is 9.78. The molecule has 0 amide bonds. The summed E-state index contributed by atoms with van der Waals surface area (Å²) in [7, 11) is 0. The maximum absolute atomic E-state index is 12.9. The number of quaternary nitrogens is 2. The lowest BCUT2D eigenvalue weighted by Gasteiger charge is -2.30. The smallest absolute Gasteiger partial charge is 0.231 e. The van der Waals surface area contributed by atoms with Crippen molar-refractivity contribution in [2.24, 2.45) is 0 Å². The summed E-state index contributed by atoms with van der Waals surface area (Å²) in [5, 5.41) is 10.3. The van der Waals surface area contributed by atoms with E-state index in [-0.39, 0.29) is 12.4 Å². The van der Waals surface area contributed by atoms with Gasteiger partial charge in [0.05, 0.1) is 0 Å². The molecule has 7 heteroatoms. The van der Waals surface area contributed by atoms with Crippen molar-refractivity contribution in [2.45, 2.75) is 12.6 Å². The van der Waals surface area contributed by atoms with Crippen molar-refractivity contribution in [1.82, 2.24) is 0 Å². The second-order valence-electron chi connectivity index (χ2n) is 7.49. The lowest BCUT2D eigenvalue weighted by molar-refractivity contribution is -1.02. The third kappa shape index (κ3) is 4.92. The van der Waals surface area contributed by atoms with Gasteiger partial charge >= 0.3 is 0 Å². The van der Waals surface area contributed by atoms with Crippen molar-refractivity contribution in [1.29, 1.82) is 0 Å². The fraction of sp³-hybridized carbons (Fsp3) is 0.429. The Balaban J connectivity index is 1.18. The Hall–Kier alpha value is -2.35. The Morgan fingerprint density at radius 3 is 2.46 bits per heavy atom. The summed E-state index contributed by atoms with van der Waals surface area (Å²) in [6.07, 6.45) is -0.532. The van der Waals surface area contributed by atoms with Gasteiger partial charge in [-0.1, -0.05) is 0 Å². The Morgan fingerprint density at radius 2 is 1.68 bits per heavy atom. The Labute approximate surface area is 164 Å². The quantitative estimate of drug-likeness (QED) is 0.584. The lowest BCUT2D eigenvalue weighted by atomic mass is 10.1. The molecule has 1 fully saturated rings. The van der Waals surface area contributed by atoms with Gasteiger partial charge in [-0.2, -0.15) is 0 Å². The van der Waals surface area contributed by atoms with Crippen LogP contribution in [0.1, 0.15) is 5.56 Å². The van der Waals surface area contributed by atoms with Crippen LogP contribution in [0.2, 0.25) is 0 Å². The van der Waals surface area contributed by atoms with Crippen molar-refractivity contribution in [3.8, 4) is 17.2 Å². The molecule has 0 saturated carbocycles. The van der Waals surface area contributed by atoms with Crippen LogP contribution < -0.4 is 24.0 Å². The van der Waals surface area contributed by atoms with E-state index in [0.29, 0.717) is 19.1 Å². The molecule has 3 N–H and O–H groups in total. The molecular formula is C21H27FN2O4+2. The van der Waals surface area contributed by atoms with Crippen molar-refractivity contribution >= 4 is 0 Å². The third-order valence-corrected chi connectivity index (χ3v) is 5.34. The van der Waals surface area contributed by atoms with Gasteiger partial charge in [0.15, 0.2) is 11.5 Å². The monoisotopic (exact) mass is 390 g/mol. The first kappa shape index (κ1) is 19.0. The van der Waals surface area contributed by atoms with Crippen LogP contribution in [0.25, 0.3) is 0 Å². The second kappa shape index (κ2) is 8.77. The van der Waals surface area contributed by atoms with E-state index in [4.69, 9.17) is 14.2 Å². The van der Waals surface area contributed by atoms with E-state index in [2.05, 4.69) is 12.1 Å². The van der Waals surface area contributed by atoms with E-state index < -0.39 is 6.10 Å². The molecule has 6 nitrogen and oxygen atoms in total. The number of fused-ring (bicyclic) bond motifs is 1. The highest BCUT2D eigenvalue weighted by atomic mass is 19.1. The molecule has 28 heavy (non-hydrogen) atoms. The van der Waals surface area contributed by atoms with Crippen LogP contribution in [0, 0.1) is 5.82 Å². The summed E-state index contributed by atoms with van der Waals surface area (Å²) < 4.78 is 29.3. The van der Waals surface area contributed by atoms with Crippen LogP contribution in [0.5, 0.6) is 17.2 Å². The average molecular weight is 390 g/mol. The van der Waals surface area contributed by atoms with E-state index in [1.165, 1.54) is 22.6 Å². The predicted octanol–water partition coefficient (Wildman–Crippen LogP) is -0.722. The molecule has 4 rings (SSSR count).